The molecule has 1 N–H and O–H groups in total. The predicted octanol–water partition coefficient (Wildman–Crippen LogP) is 2.39. The fraction of sp³-hybridized carbons (Fsp3) is 0.867. The molecule has 2 aliphatic rings. The van der Waals surface area contributed by atoms with Gasteiger partial charge in [-0.3, -0.25) is 4.79 Å². The van der Waals surface area contributed by atoms with Crippen molar-refractivity contribution in [3.8, 4) is 6.07 Å². The summed E-state index contributed by atoms with van der Waals surface area (Å²) in [5.74, 6) is -0.0690. The molecule has 0 spiro atoms. The Balaban J connectivity index is 1.96. The number of nitrogens with zero attached hydrogens (tertiary/aromatic N) is 1. The van der Waals surface area contributed by atoms with Gasteiger partial charge in [-0.1, -0.05) is 26.7 Å². The molecule has 2 atom stereocenters. The Morgan fingerprint density at radius 2 is 2.05 bits per heavy atom. The van der Waals surface area contributed by atoms with Crippen LogP contribution in [0.15, 0.2) is 0 Å². The average Bonchev–Trinajstić information content (AvgIpc) is 2.87. The summed E-state index contributed by atoms with van der Waals surface area (Å²) in [7, 11) is 0. The zero-order valence-corrected chi connectivity index (χ0v) is 12.2. The van der Waals surface area contributed by atoms with Crippen molar-refractivity contribution >= 4 is 5.91 Å². The highest BCUT2D eigenvalue weighted by Crippen LogP contribution is 2.44. The Hall–Kier alpha value is -1.08. The van der Waals surface area contributed by atoms with Crippen LogP contribution in [-0.4, -0.2) is 24.7 Å². The molecule has 0 heterocycles. The predicted molar refractivity (Wildman–Crippen MR) is 72.3 cm³/mol. The zero-order chi connectivity index (χ0) is 14.1. The highest BCUT2D eigenvalue weighted by molar-refractivity contribution is 5.86. The number of carbonyl (C=O) groups is 1. The molecule has 2 fully saturated rings. The minimum Gasteiger partial charge on any atom is -0.378 e. The molecule has 2 saturated carbocycles. The molecule has 2 aliphatic carbocycles. The fourth-order valence-electron chi connectivity index (χ4n) is 3.28. The first-order chi connectivity index (χ1) is 8.96. The van der Waals surface area contributed by atoms with Crippen LogP contribution in [0.3, 0.4) is 0 Å². The Morgan fingerprint density at radius 1 is 1.42 bits per heavy atom. The molecule has 106 valence electrons. The maximum atomic E-state index is 12.4. The Morgan fingerprint density at radius 3 is 2.53 bits per heavy atom. The molecular weight excluding hydrogens is 240 g/mol. The number of carbonyl (C=O) groups excluding carboxylic acids is 1. The van der Waals surface area contributed by atoms with Gasteiger partial charge in [-0.25, -0.2) is 0 Å². The summed E-state index contributed by atoms with van der Waals surface area (Å²) in [4.78, 5) is 12.4. The van der Waals surface area contributed by atoms with Gasteiger partial charge in [0.1, 0.15) is 5.41 Å². The van der Waals surface area contributed by atoms with Gasteiger partial charge in [0.15, 0.2) is 0 Å². The van der Waals surface area contributed by atoms with E-state index in [4.69, 9.17) is 4.74 Å². The summed E-state index contributed by atoms with van der Waals surface area (Å²) in [6.07, 6.45) is 4.44. The lowest BCUT2D eigenvalue weighted by Crippen LogP contribution is -2.63. The van der Waals surface area contributed by atoms with Crippen LogP contribution < -0.4 is 5.32 Å². The van der Waals surface area contributed by atoms with Crippen LogP contribution in [0, 0.1) is 22.2 Å². The first kappa shape index (κ1) is 14.3. The Kier molecular flexibility index (Phi) is 3.87. The monoisotopic (exact) mass is 264 g/mol. The van der Waals surface area contributed by atoms with Crippen molar-refractivity contribution in [2.24, 2.45) is 10.8 Å². The average molecular weight is 264 g/mol. The van der Waals surface area contributed by atoms with Crippen molar-refractivity contribution in [2.45, 2.75) is 65.0 Å². The second kappa shape index (κ2) is 5.13. The molecule has 0 aromatic heterocycles. The number of nitrogens with one attached hydrogen (secondary N) is 1. The molecule has 0 aromatic carbocycles. The van der Waals surface area contributed by atoms with E-state index in [1.165, 1.54) is 0 Å². The first-order valence-electron chi connectivity index (χ1n) is 7.30. The molecule has 4 heteroatoms. The summed E-state index contributed by atoms with van der Waals surface area (Å²) >= 11 is 0. The van der Waals surface area contributed by atoms with E-state index in [1.54, 1.807) is 0 Å². The lowest BCUT2D eigenvalue weighted by Gasteiger charge is -2.52. The highest BCUT2D eigenvalue weighted by atomic mass is 16.5. The minimum atomic E-state index is -0.771. The van der Waals surface area contributed by atoms with Gasteiger partial charge in [0.2, 0.25) is 5.91 Å². The first-order valence-corrected chi connectivity index (χ1v) is 7.30. The lowest BCUT2D eigenvalue weighted by atomic mass is 9.64. The van der Waals surface area contributed by atoms with Gasteiger partial charge in [-0.15, -0.1) is 0 Å². The zero-order valence-electron chi connectivity index (χ0n) is 12.2. The Bertz CT molecular complexity index is 391. The maximum Gasteiger partial charge on any atom is 0.240 e. The lowest BCUT2D eigenvalue weighted by molar-refractivity contribution is -0.142. The van der Waals surface area contributed by atoms with Crippen LogP contribution in [0.1, 0.15) is 52.9 Å². The minimum absolute atomic E-state index is 0.0408. The van der Waals surface area contributed by atoms with E-state index in [1.807, 2.05) is 6.92 Å². The van der Waals surface area contributed by atoms with E-state index in [-0.39, 0.29) is 23.5 Å². The van der Waals surface area contributed by atoms with Crippen molar-refractivity contribution in [2.75, 3.05) is 6.61 Å². The number of ether oxygens (including phenoxy) is 1. The van der Waals surface area contributed by atoms with Gasteiger partial charge in [0.25, 0.3) is 0 Å². The quantitative estimate of drug-likeness (QED) is 0.848. The van der Waals surface area contributed by atoms with Crippen molar-refractivity contribution < 1.29 is 9.53 Å². The standard InChI is InChI=1S/C15H24N2O2/c1-4-19-12-9-11(14(12,2)3)17-13(18)15(10-16)7-5-6-8-15/h11-12H,4-9H2,1-3H3,(H,17,18)/t11-,12-/m1/s1. The van der Waals surface area contributed by atoms with E-state index < -0.39 is 5.41 Å². The number of hydrogen-bond acceptors (Lipinski definition) is 3. The maximum absolute atomic E-state index is 12.4. The van der Waals surface area contributed by atoms with Gasteiger partial charge in [-0.2, -0.15) is 5.26 Å². The van der Waals surface area contributed by atoms with E-state index >= 15 is 0 Å². The largest absolute Gasteiger partial charge is 0.378 e. The molecule has 2 rings (SSSR count). The van der Waals surface area contributed by atoms with Crippen LogP contribution in [0.5, 0.6) is 0 Å². The van der Waals surface area contributed by atoms with E-state index in [0.717, 1.165) is 19.3 Å². The van der Waals surface area contributed by atoms with Crippen molar-refractivity contribution in [1.82, 2.24) is 5.32 Å². The molecule has 0 saturated heterocycles. The van der Waals surface area contributed by atoms with Crippen LogP contribution in [0.4, 0.5) is 0 Å². The summed E-state index contributed by atoms with van der Waals surface area (Å²) in [5.41, 5.74) is -0.812. The highest BCUT2D eigenvalue weighted by Gasteiger charge is 2.52. The number of nitriles is 1. The number of hydrogen-bond donors (Lipinski definition) is 1. The van der Waals surface area contributed by atoms with Crippen LogP contribution >= 0.6 is 0 Å². The molecule has 4 nitrogen and oxygen atoms in total. The van der Waals surface area contributed by atoms with Gasteiger partial charge >= 0.3 is 0 Å². The molecule has 1 amide bonds. The van der Waals surface area contributed by atoms with Crippen LogP contribution in [-0.2, 0) is 9.53 Å². The van der Waals surface area contributed by atoms with Crippen molar-refractivity contribution in [1.29, 1.82) is 5.26 Å². The molecule has 0 radical (unpaired) electrons. The second-order valence-corrected chi connectivity index (χ2v) is 6.43. The third-order valence-corrected chi connectivity index (χ3v) is 4.96. The topological polar surface area (TPSA) is 62.1 Å². The van der Waals surface area contributed by atoms with Crippen molar-refractivity contribution in [3.05, 3.63) is 0 Å². The van der Waals surface area contributed by atoms with Gasteiger partial charge in [0, 0.05) is 18.1 Å². The smallest absolute Gasteiger partial charge is 0.240 e. The number of rotatable bonds is 4. The third kappa shape index (κ3) is 2.36. The normalized spacial score (nSPS) is 31.3. The Labute approximate surface area is 115 Å². The summed E-state index contributed by atoms with van der Waals surface area (Å²) in [5, 5.41) is 12.4. The summed E-state index contributed by atoms with van der Waals surface area (Å²) in [6.45, 7) is 6.94. The van der Waals surface area contributed by atoms with E-state index in [9.17, 15) is 10.1 Å². The SMILES string of the molecule is CCO[C@@H]1C[C@@H](NC(=O)C2(C#N)CCCC2)C1(C)C. The van der Waals surface area contributed by atoms with E-state index in [2.05, 4.69) is 25.2 Å². The third-order valence-electron chi connectivity index (χ3n) is 4.96. The van der Waals surface area contributed by atoms with Gasteiger partial charge in [-0.05, 0) is 26.2 Å². The molecule has 19 heavy (non-hydrogen) atoms. The number of amides is 1. The second-order valence-electron chi connectivity index (χ2n) is 6.43. The summed E-state index contributed by atoms with van der Waals surface area (Å²) in [6, 6.07) is 2.38. The molecule has 0 unspecified atom stereocenters. The van der Waals surface area contributed by atoms with Gasteiger partial charge in [0.05, 0.1) is 12.2 Å². The van der Waals surface area contributed by atoms with Crippen LogP contribution in [0.25, 0.3) is 0 Å². The van der Waals surface area contributed by atoms with E-state index in [0.29, 0.717) is 19.4 Å². The molecule has 0 aromatic rings. The van der Waals surface area contributed by atoms with Gasteiger partial charge < -0.3 is 10.1 Å². The van der Waals surface area contributed by atoms with Crippen molar-refractivity contribution in [3.63, 3.8) is 0 Å². The van der Waals surface area contributed by atoms with Crippen LogP contribution in [0.2, 0.25) is 0 Å². The molecular formula is C15H24N2O2. The molecule has 0 aliphatic heterocycles. The molecule has 0 bridgehead atoms. The summed E-state index contributed by atoms with van der Waals surface area (Å²) < 4.78 is 5.67. The fourth-order valence-corrected chi connectivity index (χ4v) is 3.28.